The van der Waals surface area contributed by atoms with Crippen LogP contribution in [0.25, 0.3) is 0 Å². The Balaban J connectivity index is 2.03. The van der Waals surface area contributed by atoms with Crippen LogP contribution in [0.15, 0.2) is 24.3 Å². The van der Waals surface area contributed by atoms with Crippen molar-refractivity contribution in [3.05, 3.63) is 24.3 Å². The molecular weight excluding hydrogens is 384 g/mol. The minimum absolute atomic E-state index is 0.211. The highest BCUT2D eigenvalue weighted by atomic mass is 16.5. The number of aliphatic hydroxyl groups is 1. The first-order valence-electron chi connectivity index (χ1n) is 11.1. The molecule has 0 aromatic rings. The third kappa shape index (κ3) is 6.21. The Kier molecular flexibility index (Phi) is 9.63. The van der Waals surface area contributed by atoms with Crippen molar-refractivity contribution >= 4 is 23.3 Å². The number of ether oxygens (including phenoxy) is 1. The van der Waals surface area contributed by atoms with Crippen LogP contribution in [0.1, 0.15) is 64.7 Å². The van der Waals surface area contributed by atoms with Crippen LogP contribution in [0.4, 0.5) is 0 Å². The number of carbonyl (C=O) groups excluding carboxylic acids is 4. The van der Waals surface area contributed by atoms with Gasteiger partial charge in [0.1, 0.15) is 0 Å². The molecule has 0 spiro atoms. The number of allylic oxidation sites excluding steroid dienone is 3. The van der Waals surface area contributed by atoms with Gasteiger partial charge in [-0.05, 0) is 43.9 Å². The number of methoxy groups -OCH3 is 1. The molecule has 0 aromatic heterocycles. The van der Waals surface area contributed by atoms with E-state index in [1.807, 2.05) is 18.2 Å². The fourth-order valence-corrected chi connectivity index (χ4v) is 4.51. The zero-order chi connectivity index (χ0) is 22.1. The van der Waals surface area contributed by atoms with Crippen LogP contribution < -0.4 is 0 Å². The molecule has 2 bridgehead atoms. The number of aliphatic hydroxyl groups excluding tert-OH is 1. The lowest BCUT2D eigenvalue weighted by atomic mass is 9.84. The summed E-state index contributed by atoms with van der Waals surface area (Å²) < 4.78 is 4.62. The van der Waals surface area contributed by atoms with Gasteiger partial charge < -0.3 is 9.84 Å². The van der Waals surface area contributed by atoms with Crippen molar-refractivity contribution in [1.29, 1.82) is 0 Å². The van der Waals surface area contributed by atoms with Crippen LogP contribution in [0.5, 0.6) is 0 Å². The van der Waals surface area contributed by atoms with Crippen molar-refractivity contribution in [2.75, 3.05) is 7.11 Å². The number of unbranched alkanes of at least 4 members (excludes halogenated alkanes) is 4. The molecule has 0 aliphatic heterocycles. The highest BCUT2D eigenvalue weighted by molar-refractivity contribution is 6.65. The summed E-state index contributed by atoms with van der Waals surface area (Å²) in [5.41, 5.74) is 0. The van der Waals surface area contributed by atoms with E-state index in [1.165, 1.54) is 7.11 Å². The van der Waals surface area contributed by atoms with Crippen molar-refractivity contribution in [3.8, 4) is 0 Å². The molecule has 0 saturated heterocycles. The molecule has 2 aliphatic carbocycles. The zero-order valence-corrected chi connectivity index (χ0v) is 18.0. The number of Topliss-reactive ketones (excluding diaryl/α,β-unsaturated/α-hetero) is 3. The minimum atomic E-state index is -0.868. The van der Waals surface area contributed by atoms with Crippen molar-refractivity contribution < 1.29 is 29.0 Å². The number of ketones is 3. The topological polar surface area (TPSA) is 97.7 Å². The summed E-state index contributed by atoms with van der Waals surface area (Å²) in [4.78, 5) is 48.0. The lowest BCUT2D eigenvalue weighted by Gasteiger charge is -2.17. The molecule has 5 unspecified atom stereocenters. The van der Waals surface area contributed by atoms with E-state index >= 15 is 0 Å². The van der Waals surface area contributed by atoms with Gasteiger partial charge in [0.25, 0.3) is 5.78 Å². The number of esters is 1. The smallest absolute Gasteiger partial charge is 0.305 e. The second kappa shape index (κ2) is 11.9. The van der Waals surface area contributed by atoms with Crippen molar-refractivity contribution in [1.82, 2.24) is 0 Å². The van der Waals surface area contributed by atoms with Gasteiger partial charge in [-0.25, -0.2) is 0 Å². The maximum absolute atomic E-state index is 12.4. The molecule has 1 N–H and O–H groups in total. The van der Waals surface area contributed by atoms with Crippen molar-refractivity contribution in [3.63, 3.8) is 0 Å². The fourth-order valence-electron chi connectivity index (χ4n) is 4.51. The van der Waals surface area contributed by atoms with Gasteiger partial charge >= 0.3 is 5.97 Å². The number of rotatable bonds is 12. The van der Waals surface area contributed by atoms with E-state index < -0.39 is 35.3 Å². The van der Waals surface area contributed by atoms with Crippen LogP contribution in [-0.2, 0) is 23.9 Å². The van der Waals surface area contributed by atoms with Crippen LogP contribution in [0.3, 0.4) is 0 Å². The van der Waals surface area contributed by atoms with Gasteiger partial charge in [-0.2, -0.15) is 0 Å². The first-order chi connectivity index (χ1) is 14.4. The minimum Gasteiger partial charge on any atom is -0.469 e. The number of carbonyl (C=O) groups is 4. The second-order valence-corrected chi connectivity index (χ2v) is 8.36. The third-order valence-corrected chi connectivity index (χ3v) is 6.25. The monoisotopic (exact) mass is 418 g/mol. The Morgan fingerprint density at radius 2 is 1.73 bits per heavy atom. The van der Waals surface area contributed by atoms with Gasteiger partial charge in [0.05, 0.1) is 13.2 Å². The van der Waals surface area contributed by atoms with Gasteiger partial charge in [-0.15, -0.1) is 0 Å². The van der Waals surface area contributed by atoms with Gasteiger partial charge in [0.15, 0.2) is 0 Å². The fraction of sp³-hybridized carbons (Fsp3) is 0.667. The summed E-state index contributed by atoms with van der Waals surface area (Å²) in [7, 11) is 1.37. The first kappa shape index (κ1) is 24.2. The van der Waals surface area contributed by atoms with E-state index in [9.17, 15) is 24.3 Å². The van der Waals surface area contributed by atoms with Gasteiger partial charge in [0, 0.05) is 18.3 Å². The molecule has 2 rings (SSSR count). The van der Waals surface area contributed by atoms with Crippen molar-refractivity contribution in [2.45, 2.75) is 70.8 Å². The molecule has 30 heavy (non-hydrogen) atoms. The first-order valence-corrected chi connectivity index (χ1v) is 11.1. The van der Waals surface area contributed by atoms with E-state index in [0.717, 1.165) is 38.5 Å². The van der Waals surface area contributed by atoms with E-state index in [0.29, 0.717) is 19.3 Å². The largest absolute Gasteiger partial charge is 0.469 e. The van der Waals surface area contributed by atoms with E-state index in [1.54, 1.807) is 6.08 Å². The molecule has 2 saturated carbocycles. The summed E-state index contributed by atoms with van der Waals surface area (Å²) in [5.74, 6) is -3.65. The molecule has 0 radical (unpaired) electrons. The Morgan fingerprint density at radius 1 is 1.07 bits per heavy atom. The summed E-state index contributed by atoms with van der Waals surface area (Å²) in [6, 6.07) is 0. The molecule has 0 aromatic carbocycles. The highest BCUT2D eigenvalue weighted by Crippen LogP contribution is 2.47. The van der Waals surface area contributed by atoms with Crippen LogP contribution in [0, 0.1) is 23.7 Å². The molecule has 0 heterocycles. The van der Waals surface area contributed by atoms with E-state index in [-0.39, 0.29) is 17.8 Å². The standard InChI is InChI=1S/C24H34O6/c1-3-4-7-10-16(25)13-14-18-17(11-8-5-6-9-12-21(26)30-2)19-15-20(18)23(28)24(29)22(19)27/h8,11,13-14,16-20,25H,3-7,9-10,12,15H2,1-2H3/b11-8?,14-13+. The van der Waals surface area contributed by atoms with Crippen molar-refractivity contribution in [2.24, 2.45) is 23.7 Å². The van der Waals surface area contributed by atoms with Gasteiger partial charge in [-0.3, -0.25) is 19.2 Å². The molecule has 2 aliphatic rings. The molecule has 0 amide bonds. The Bertz CT molecular complexity index is 692. The predicted octanol–water partition coefficient (Wildman–Crippen LogP) is 3.36. The lowest BCUT2D eigenvalue weighted by molar-refractivity contribution is -0.148. The predicted molar refractivity (Wildman–Crippen MR) is 113 cm³/mol. The Labute approximate surface area is 178 Å². The molecule has 5 atom stereocenters. The normalized spacial score (nSPS) is 27.4. The quantitative estimate of drug-likeness (QED) is 0.226. The van der Waals surface area contributed by atoms with E-state index in [4.69, 9.17) is 0 Å². The maximum atomic E-state index is 12.4. The van der Waals surface area contributed by atoms with Gasteiger partial charge in [0.2, 0.25) is 11.6 Å². The second-order valence-electron chi connectivity index (χ2n) is 8.36. The Hall–Kier alpha value is -2.08. The number of fused-ring (bicyclic) bond motifs is 2. The molecule has 6 heteroatoms. The maximum Gasteiger partial charge on any atom is 0.305 e. The van der Waals surface area contributed by atoms with E-state index in [2.05, 4.69) is 11.7 Å². The van der Waals surface area contributed by atoms with Crippen LogP contribution in [-0.4, -0.2) is 41.6 Å². The van der Waals surface area contributed by atoms with Crippen LogP contribution >= 0.6 is 0 Å². The Morgan fingerprint density at radius 3 is 2.37 bits per heavy atom. The SMILES string of the molecule is CCCCCC(O)/C=C/C1C2CC(C(=O)C(=O)C2=O)C1C=CCCCCC(=O)OC. The summed E-state index contributed by atoms with van der Waals surface area (Å²) >= 11 is 0. The molecule has 166 valence electrons. The van der Waals surface area contributed by atoms with Crippen LogP contribution in [0.2, 0.25) is 0 Å². The summed E-state index contributed by atoms with van der Waals surface area (Å²) in [6.07, 6.45) is 13.7. The third-order valence-electron chi connectivity index (χ3n) is 6.25. The lowest BCUT2D eigenvalue weighted by Crippen LogP contribution is -2.37. The summed E-state index contributed by atoms with van der Waals surface area (Å²) in [5, 5.41) is 10.2. The highest BCUT2D eigenvalue weighted by Gasteiger charge is 2.55. The van der Waals surface area contributed by atoms with Gasteiger partial charge in [-0.1, -0.05) is 50.5 Å². The summed E-state index contributed by atoms with van der Waals surface area (Å²) in [6.45, 7) is 2.10. The zero-order valence-electron chi connectivity index (χ0n) is 18.0. The molecular formula is C24H34O6. The average molecular weight is 419 g/mol. The number of hydrogen-bond acceptors (Lipinski definition) is 6. The molecule has 6 nitrogen and oxygen atoms in total. The number of hydrogen-bond donors (Lipinski definition) is 1. The average Bonchev–Trinajstić information content (AvgIpc) is 3.07. The molecule has 2 fully saturated rings.